The highest BCUT2D eigenvalue weighted by Gasteiger charge is 2.25. The lowest BCUT2D eigenvalue weighted by Gasteiger charge is -2.18. The summed E-state index contributed by atoms with van der Waals surface area (Å²) in [4.78, 5) is 33.8. The number of carbonyl (C=O) groups excluding carboxylic acids is 1. The molecule has 8 nitrogen and oxygen atoms in total. The molecule has 1 amide bonds. The van der Waals surface area contributed by atoms with Gasteiger partial charge in [-0.3, -0.25) is 14.6 Å². The summed E-state index contributed by atoms with van der Waals surface area (Å²) < 4.78 is 10.9. The molecular formula is C26H25N3O5S. The quantitative estimate of drug-likeness (QED) is 0.363. The molecule has 0 saturated carbocycles. The largest absolute Gasteiger partial charge is 0.502 e. The van der Waals surface area contributed by atoms with E-state index >= 15 is 0 Å². The second-order valence-electron chi connectivity index (χ2n) is 7.95. The second-order valence-corrected chi connectivity index (χ2v) is 8.81. The minimum Gasteiger partial charge on any atom is -0.502 e. The molecule has 1 unspecified atom stereocenters. The fourth-order valence-corrected chi connectivity index (χ4v) is 4.54. The van der Waals surface area contributed by atoms with Crippen LogP contribution in [0.1, 0.15) is 35.1 Å². The predicted octanol–water partition coefficient (Wildman–Crippen LogP) is 4.06. The van der Waals surface area contributed by atoms with Crippen LogP contribution in [0, 0.1) is 6.92 Å². The molecule has 0 aliphatic carbocycles. The number of ether oxygens (including phenoxy) is 1. The molecule has 0 bridgehead atoms. The van der Waals surface area contributed by atoms with Crippen LogP contribution in [0.2, 0.25) is 0 Å². The average Bonchev–Trinajstić information content (AvgIpc) is 3.34. The predicted molar refractivity (Wildman–Crippen MR) is 133 cm³/mol. The number of thiazole rings is 1. The third kappa shape index (κ3) is 5.93. The number of aromatic nitrogens is 2. The molecule has 1 atom stereocenters. The van der Waals surface area contributed by atoms with Crippen molar-refractivity contribution in [3.05, 3.63) is 93.2 Å². The first-order valence-corrected chi connectivity index (χ1v) is 11.9. The maximum absolute atomic E-state index is 12.9. The molecule has 9 heteroatoms. The zero-order valence-corrected chi connectivity index (χ0v) is 20.2. The highest BCUT2D eigenvalue weighted by Crippen LogP contribution is 2.33. The van der Waals surface area contributed by atoms with E-state index < -0.39 is 17.1 Å². The first kappa shape index (κ1) is 24.2. The minimum absolute atomic E-state index is 0.00964. The van der Waals surface area contributed by atoms with E-state index in [4.69, 9.17) is 9.15 Å². The van der Waals surface area contributed by atoms with Crippen LogP contribution in [-0.2, 0) is 11.2 Å². The van der Waals surface area contributed by atoms with Crippen molar-refractivity contribution < 1.29 is 19.1 Å². The summed E-state index contributed by atoms with van der Waals surface area (Å²) in [6.07, 6.45) is 4.04. The maximum atomic E-state index is 12.9. The van der Waals surface area contributed by atoms with E-state index in [1.54, 1.807) is 50.7 Å². The van der Waals surface area contributed by atoms with Crippen LogP contribution in [0.5, 0.6) is 11.5 Å². The Labute approximate surface area is 206 Å². The van der Waals surface area contributed by atoms with E-state index in [0.717, 1.165) is 16.3 Å². The van der Waals surface area contributed by atoms with Crippen LogP contribution < -0.4 is 15.5 Å². The number of pyridine rings is 1. The minimum atomic E-state index is -0.648. The number of carbonyl (C=O) groups is 1. The molecule has 3 heterocycles. The number of methoxy groups -OCH3 is 1. The second kappa shape index (κ2) is 11.0. The third-order valence-electron chi connectivity index (χ3n) is 5.46. The van der Waals surface area contributed by atoms with Gasteiger partial charge < -0.3 is 19.6 Å². The normalized spacial score (nSPS) is 11.7. The Bertz CT molecular complexity index is 1350. The Morgan fingerprint density at radius 3 is 2.77 bits per heavy atom. The fourth-order valence-electron chi connectivity index (χ4n) is 3.69. The summed E-state index contributed by atoms with van der Waals surface area (Å²) in [5.41, 5.74) is 2.00. The number of nitrogens with zero attached hydrogens (tertiary/aromatic N) is 2. The third-order valence-corrected chi connectivity index (χ3v) is 6.40. The van der Waals surface area contributed by atoms with Crippen LogP contribution in [0.3, 0.4) is 0 Å². The van der Waals surface area contributed by atoms with Crippen molar-refractivity contribution in [3.63, 3.8) is 0 Å². The average molecular weight is 492 g/mol. The summed E-state index contributed by atoms with van der Waals surface area (Å²) in [6.45, 7) is 2.03. The highest BCUT2D eigenvalue weighted by atomic mass is 32.1. The number of aromatic hydroxyl groups is 1. The van der Waals surface area contributed by atoms with Gasteiger partial charge in [0.2, 0.25) is 17.1 Å². The summed E-state index contributed by atoms with van der Waals surface area (Å²) in [5, 5.41) is 16.2. The highest BCUT2D eigenvalue weighted by molar-refractivity contribution is 7.13. The van der Waals surface area contributed by atoms with Gasteiger partial charge in [-0.05, 0) is 36.8 Å². The summed E-state index contributed by atoms with van der Waals surface area (Å²) in [5.74, 6) is -0.303. The first-order chi connectivity index (χ1) is 16.9. The van der Waals surface area contributed by atoms with E-state index in [1.807, 2.05) is 17.5 Å². The van der Waals surface area contributed by atoms with Crippen molar-refractivity contribution in [2.24, 2.45) is 0 Å². The number of hydrogen-bond donors (Lipinski definition) is 2. The van der Waals surface area contributed by atoms with Gasteiger partial charge in [-0.15, -0.1) is 11.3 Å². The molecular weight excluding hydrogens is 466 g/mol. The van der Waals surface area contributed by atoms with Crippen LogP contribution in [0.25, 0.3) is 10.6 Å². The van der Waals surface area contributed by atoms with Crippen LogP contribution in [0.15, 0.2) is 69.5 Å². The lowest BCUT2D eigenvalue weighted by atomic mass is 9.91. The van der Waals surface area contributed by atoms with E-state index in [0.29, 0.717) is 30.0 Å². The molecule has 0 radical (unpaired) electrons. The number of aryl methyl sites for hydroxylation is 1. The van der Waals surface area contributed by atoms with Crippen molar-refractivity contribution in [1.29, 1.82) is 0 Å². The van der Waals surface area contributed by atoms with Crippen LogP contribution in [0.4, 0.5) is 0 Å². The zero-order valence-electron chi connectivity index (χ0n) is 19.4. The van der Waals surface area contributed by atoms with Crippen LogP contribution >= 0.6 is 11.3 Å². The lowest BCUT2D eigenvalue weighted by molar-refractivity contribution is -0.121. The van der Waals surface area contributed by atoms with Crippen molar-refractivity contribution >= 4 is 17.2 Å². The smallest absolute Gasteiger partial charge is 0.227 e. The SMILES string of the molecule is COc1ccc(C(CC(=O)NCCc2csc(-c3cccnc3)n2)c2oc(C)cc(=O)c2O)cc1. The molecule has 0 spiro atoms. The molecule has 180 valence electrons. The van der Waals surface area contributed by atoms with Gasteiger partial charge in [0.1, 0.15) is 16.5 Å². The van der Waals surface area contributed by atoms with Crippen molar-refractivity contribution in [2.75, 3.05) is 13.7 Å². The molecule has 1 aromatic carbocycles. The topological polar surface area (TPSA) is 115 Å². The Kier molecular flexibility index (Phi) is 7.57. The number of hydrogen-bond acceptors (Lipinski definition) is 8. The Hall–Kier alpha value is -3.98. The Morgan fingerprint density at radius 2 is 2.06 bits per heavy atom. The van der Waals surface area contributed by atoms with Gasteiger partial charge in [0, 0.05) is 48.8 Å². The number of amides is 1. The standard InChI is InChI=1S/C26H25N3O5S/c1-16-12-22(30)24(32)25(34-16)21(17-5-7-20(33-2)8-6-17)13-23(31)28-11-9-19-15-35-26(29-19)18-4-3-10-27-14-18/h3-8,10,12,14-15,21,32H,9,11,13H2,1-2H3,(H,28,31). The Balaban J connectivity index is 1.46. The van der Waals surface area contributed by atoms with Crippen molar-refractivity contribution in [1.82, 2.24) is 15.3 Å². The first-order valence-electron chi connectivity index (χ1n) is 11.0. The molecule has 2 N–H and O–H groups in total. The molecule has 0 aliphatic rings. The molecule has 3 aromatic heterocycles. The van der Waals surface area contributed by atoms with Gasteiger partial charge in [0.25, 0.3) is 0 Å². The van der Waals surface area contributed by atoms with Crippen molar-refractivity contribution in [3.8, 4) is 22.1 Å². The fraction of sp³-hybridized carbons (Fsp3) is 0.231. The van der Waals surface area contributed by atoms with Gasteiger partial charge in [-0.2, -0.15) is 0 Å². The molecule has 35 heavy (non-hydrogen) atoms. The summed E-state index contributed by atoms with van der Waals surface area (Å²) in [6, 6.07) is 12.1. The summed E-state index contributed by atoms with van der Waals surface area (Å²) in [7, 11) is 1.56. The molecule has 0 aliphatic heterocycles. The zero-order chi connectivity index (χ0) is 24.8. The monoisotopic (exact) mass is 491 g/mol. The van der Waals surface area contributed by atoms with Crippen LogP contribution in [-0.4, -0.2) is 34.6 Å². The van der Waals surface area contributed by atoms with E-state index in [1.165, 1.54) is 17.4 Å². The molecule has 0 saturated heterocycles. The lowest BCUT2D eigenvalue weighted by Crippen LogP contribution is -2.27. The molecule has 4 rings (SSSR count). The van der Waals surface area contributed by atoms with E-state index in [-0.39, 0.29) is 18.1 Å². The number of benzene rings is 1. The van der Waals surface area contributed by atoms with Gasteiger partial charge in [0.15, 0.2) is 5.76 Å². The van der Waals surface area contributed by atoms with Gasteiger partial charge in [-0.25, -0.2) is 4.98 Å². The maximum Gasteiger partial charge on any atom is 0.227 e. The van der Waals surface area contributed by atoms with Gasteiger partial charge in [-0.1, -0.05) is 12.1 Å². The number of rotatable bonds is 9. The molecule has 0 fully saturated rings. The molecule has 4 aromatic rings. The van der Waals surface area contributed by atoms with Crippen molar-refractivity contribution in [2.45, 2.75) is 25.7 Å². The summed E-state index contributed by atoms with van der Waals surface area (Å²) >= 11 is 1.53. The number of nitrogens with one attached hydrogen (secondary N) is 1. The van der Waals surface area contributed by atoms with Gasteiger partial charge in [0.05, 0.1) is 18.7 Å². The Morgan fingerprint density at radius 1 is 1.26 bits per heavy atom. The van der Waals surface area contributed by atoms with E-state index in [9.17, 15) is 14.7 Å². The van der Waals surface area contributed by atoms with E-state index in [2.05, 4.69) is 15.3 Å². The van der Waals surface area contributed by atoms with Gasteiger partial charge >= 0.3 is 0 Å².